The zero-order valence-corrected chi connectivity index (χ0v) is 11.0. The van der Waals surface area contributed by atoms with E-state index in [-0.39, 0.29) is 0 Å². The van der Waals surface area contributed by atoms with Crippen LogP contribution in [0.3, 0.4) is 0 Å². The normalized spacial score (nSPS) is 10.2. The van der Waals surface area contributed by atoms with Crippen molar-refractivity contribution in [3.8, 4) is 5.88 Å². The molecule has 94 valence electrons. The number of methoxy groups -OCH3 is 1. The predicted molar refractivity (Wildman–Crippen MR) is 74.0 cm³/mol. The van der Waals surface area contributed by atoms with Gasteiger partial charge in [0.05, 0.1) is 7.11 Å². The lowest BCUT2D eigenvalue weighted by Gasteiger charge is -2.10. The number of hydrogen-bond donors (Lipinski definition) is 1. The van der Waals surface area contributed by atoms with Crippen molar-refractivity contribution in [2.45, 2.75) is 20.4 Å². The van der Waals surface area contributed by atoms with E-state index >= 15 is 0 Å². The molecule has 1 N–H and O–H groups in total. The van der Waals surface area contributed by atoms with E-state index in [0.717, 1.165) is 17.8 Å². The van der Waals surface area contributed by atoms with Crippen LogP contribution in [0.2, 0.25) is 0 Å². The quantitative estimate of drug-likeness (QED) is 0.893. The van der Waals surface area contributed by atoms with Crippen LogP contribution < -0.4 is 10.1 Å². The summed E-state index contributed by atoms with van der Waals surface area (Å²) >= 11 is 0. The van der Waals surface area contributed by atoms with E-state index in [4.69, 9.17) is 4.74 Å². The molecule has 0 amide bonds. The lowest BCUT2D eigenvalue weighted by atomic mass is 10.1. The maximum absolute atomic E-state index is 5.03. The summed E-state index contributed by atoms with van der Waals surface area (Å²) in [5.74, 6) is 0.644. The number of anilines is 1. The van der Waals surface area contributed by atoms with E-state index in [2.05, 4.69) is 42.3 Å². The van der Waals surface area contributed by atoms with Gasteiger partial charge in [0.2, 0.25) is 5.88 Å². The largest absolute Gasteiger partial charge is 0.481 e. The SMILES string of the molecule is COc1ccc(CNc2ccc(C)cc2C)cn1. The van der Waals surface area contributed by atoms with Gasteiger partial charge in [0, 0.05) is 24.5 Å². The van der Waals surface area contributed by atoms with Crippen LogP contribution in [0.4, 0.5) is 5.69 Å². The Balaban J connectivity index is 2.02. The topological polar surface area (TPSA) is 34.1 Å². The van der Waals surface area contributed by atoms with E-state index in [1.165, 1.54) is 11.1 Å². The van der Waals surface area contributed by atoms with Gasteiger partial charge in [0.25, 0.3) is 0 Å². The van der Waals surface area contributed by atoms with Gasteiger partial charge in [-0.05, 0) is 31.0 Å². The molecule has 2 aromatic rings. The van der Waals surface area contributed by atoms with Crippen LogP contribution >= 0.6 is 0 Å². The summed E-state index contributed by atoms with van der Waals surface area (Å²) in [5.41, 5.74) is 4.84. The molecule has 0 bridgehead atoms. The maximum atomic E-state index is 5.03. The average Bonchev–Trinajstić information content (AvgIpc) is 2.38. The van der Waals surface area contributed by atoms with Crippen molar-refractivity contribution in [2.24, 2.45) is 0 Å². The van der Waals surface area contributed by atoms with Crippen LogP contribution in [0, 0.1) is 13.8 Å². The molecule has 3 nitrogen and oxygen atoms in total. The van der Waals surface area contributed by atoms with Crippen molar-refractivity contribution < 1.29 is 4.74 Å². The Labute approximate surface area is 108 Å². The molecule has 0 atom stereocenters. The summed E-state index contributed by atoms with van der Waals surface area (Å²) < 4.78 is 5.03. The second kappa shape index (κ2) is 5.54. The molecule has 1 aromatic carbocycles. The summed E-state index contributed by atoms with van der Waals surface area (Å²) in [6.45, 7) is 4.98. The van der Waals surface area contributed by atoms with E-state index in [1.807, 2.05) is 18.3 Å². The first-order valence-electron chi connectivity index (χ1n) is 5.99. The highest BCUT2D eigenvalue weighted by atomic mass is 16.5. The van der Waals surface area contributed by atoms with Gasteiger partial charge in [-0.1, -0.05) is 23.8 Å². The summed E-state index contributed by atoms with van der Waals surface area (Å²) in [6.07, 6.45) is 1.83. The van der Waals surface area contributed by atoms with Crippen molar-refractivity contribution in [1.29, 1.82) is 0 Å². The zero-order chi connectivity index (χ0) is 13.0. The van der Waals surface area contributed by atoms with Gasteiger partial charge in [0.1, 0.15) is 0 Å². The lowest BCUT2D eigenvalue weighted by Crippen LogP contribution is -2.01. The molecule has 2 rings (SSSR count). The van der Waals surface area contributed by atoms with Gasteiger partial charge in [-0.3, -0.25) is 0 Å². The number of aryl methyl sites for hydroxylation is 2. The third-order valence-corrected chi connectivity index (χ3v) is 2.87. The van der Waals surface area contributed by atoms with Crippen LogP contribution in [0.25, 0.3) is 0 Å². The Kier molecular flexibility index (Phi) is 3.82. The standard InChI is InChI=1S/C15H18N2O/c1-11-4-6-14(12(2)8-11)16-9-13-5-7-15(18-3)17-10-13/h4-8,10,16H,9H2,1-3H3. The lowest BCUT2D eigenvalue weighted by molar-refractivity contribution is 0.397. The molecule has 0 unspecified atom stereocenters. The molecular formula is C15H18N2O. The van der Waals surface area contributed by atoms with E-state index in [1.54, 1.807) is 7.11 Å². The molecule has 3 heteroatoms. The molecule has 0 radical (unpaired) electrons. The third-order valence-electron chi connectivity index (χ3n) is 2.87. The molecule has 18 heavy (non-hydrogen) atoms. The molecule has 0 saturated heterocycles. The summed E-state index contributed by atoms with van der Waals surface area (Å²) in [7, 11) is 1.62. The molecule has 0 aliphatic rings. The molecule has 0 fully saturated rings. The maximum Gasteiger partial charge on any atom is 0.212 e. The average molecular weight is 242 g/mol. The number of aromatic nitrogens is 1. The van der Waals surface area contributed by atoms with Crippen LogP contribution in [-0.4, -0.2) is 12.1 Å². The molecule has 0 aliphatic heterocycles. The highest BCUT2D eigenvalue weighted by Gasteiger charge is 1.99. The van der Waals surface area contributed by atoms with Crippen LogP contribution in [0.15, 0.2) is 36.5 Å². The number of hydrogen-bond acceptors (Lipinski definition) is 3. The molecule has 0 aliphatic carbocycles. The van der Waals surface area contributed by atoms with Crippen LogP contribution in [0.1, 0.15) is 16.7 Å². The molecule has 0 saturated carbocycles. The number of nitrogens with one attached hydrogen (secondary N) is 1. The predicted octanol–water partition coefficient (Wildman–Crippen LogP) is 3.32. The monoisotopic (exact) mass is 242 g/mol. The minimum atomic E-state index is 0.644. The number of rotatable bonds is 4. The van der Waals surface area contributed by atoms with Crippen molar-refractivity contribution >= 4 is 5.69 Å². The van der Waals surface area contributed by atoms with Gasteiger partial charge in [0.15, 0.2) is 0 Å². The van der Waals surface area contributed by atoms with E-state index in [0.29, 0.717) is 5.88 Å². The molecular weight excluding hydrogens is 224 g/mol. The van der Waals surface area contributed by atoms with Gasteiger partial charge in [-0.2, -0.15) is 0 Å². The minimum Gasteiger partial charge on any atom is -0.481 e. The fraction of sp³-hybridized carbons (Fsp3) is 0.267. The van der Waals surface area contributed by atoms with Crippen molar-refractivity contribution in [1.82, 2.24) is 4.98 Å². The number of nitrogens with zero attached hydrogens (tertiary/aromatic N) is 1. The molecule has 1 aromatic heterocycles. The Bertz CT molecular complexity index is 521. The van der Waals surface area contributed by atoms with Crippen molar-refractivity contribution in [3.63, 3.8) is 0 Å². The van der Waals surface area contributed by atoms with Crippen LogP contribution in [-0.2, 0) is 6.54 Å². The number of benzene rings is 1. The van der Waals surface area contributed by atoms with Gasteiger partial charge in [-0.25, -0.2) is 4.98 Å². The van der Waals surface area contributed by atoms with Crippen molar-refractivity contribution in [2.75, 3.05) is 12.4 Å². The number of pyridine rings is 1. The smallest absolute Gasteiger partial charge is 0.212 e. The highest BCUT2D eigenvalue weighted by molar-refractivity contribution is 5.52. The molecule has 0 spiro atoms. The Morgan fingerprint density at radius 3 is 2.61 bits per heavy atom. The molecule has 1 heterocycles. The Morgan fingerprint density at radius 1 is 1.17 bits per heavy atom. The third kappa shape index (κ3) is 3.00. The summed E-state index contributed by atoms with van der Waals surface area (Å²) in [6, 6.07) is 10.3. The second-order valence-electron chi connectivity index (χ2n) is 4.38. The van der Waals surface area contributed by atoms with Crippen LogP contribution in [0.5, 0.6) is 5.88 Å². The fourth-order valence-corrected chi connectivity index (χ4v) is 1.85. The van der Waals surface area contributed by atoms with Gasteiger partial charge in [-0.15, -0.1) is 0 Å². The van der Waals surface area contributed by atoms with E-state index in [9.17, 15) is 0 Å². The second-order valence-corrected chi connectivity index (χ2v) is 4.38. The summed E-state index contributed by atoms with van der Waals surface area (Å²) in [5, 5.41) is 3.41. The highest BCUT2D eigenvalue weighted by Crippen LogP contribution is 2.17. The first kappa shape index (κ1) is 12.4. The minimum absolute atomic E-state index is 0.644. The first-order chi connectivity index (χ1) is 8.69. The Morgan fingerprint density at radius 2 is 2.00 bits per heavy atom. The Hall–Kier alpha value is -2.03. The fourth-order valence-electron chi connectivity index (χ4n) is 1.85. The first-order valence-corrected chi connectivity index (χ1v) is 5.99. The van der Waals surface area contributed by atoms with Gasteiger partial charge < -0.3 is 10.1 Å². The number of ether oxygens (including phenoxy) is 1. The van der Waals surface area contributed by atoms with Gasteiger partial charge >= 0.3 is 0 Å². The van der Waals surface area contributed by atoms with E-state index < -0.39 is 0 Å². The van der Waals surface area contributed by atoms with Crippen molar-refractivity contribution in [3.05, 3.63) is 53.2 Å². The summed E-state index contributed by atoms with van der Waals surface area (Å²) in [4.78, 5) is 4.18. The zero-order valence-electron chi connectivity index (χ0n) is 11.0.